The van der Waals surface area contributed by atoms with Crippen molar-refractivity contribution in [1.29, 1.82) is 0 Å². The smallest absolute Gasteiger partial charge is 0.261 e. The molecule has 0 aliphatic rings. The van der Waals surface area contributed by atoms with Crippen LogP contribution >= 0.6 is 0 Å². The van der Waals surface area contributed by atoms with E-state index in [1.54, 1.807) is 12.1 Å². The number of aromatic nitrogens is 2. The Morgan fingerprint density at radius 2 is 2.05 bits per heavy atom. The van der Waals surface area contributed by atoms with Crippen molar-refractivity contribution in [2.75, 3.05) is 17.9 Å². The van der Waals surface area contributed by atoms with Gasteiger partial charge in [0.05, 0.1) is 23.4 Å². The fraction of sp³-hybridized carbons (Fsp3) is 0.250. The summed E-state index contributed by atoms with van der Waals surface area (Å²) in [4.78, 5) is 0.133. The van der Waals surface area contributed by atoms with Crippen LogP contribution in [0, 0.1) is 0 Å². The lowest BCUT2D eigenvalue weighted by atomic mass is 10.3. The Bertz CT molecular complexity index is 623. The molecule has 20 heavy (non-hydrogen) atoms. The summed E-state index contributed by atoms with van der Waals surface area (Å²) in [7, 11) is -3.63. The van der Waals surface area contributed by atoms with E-state index in [2.05, 4.69) is 14.9 Å². The number of nitrogens with one attached hydrogen (secondary N) is 2. The van der Waals surface area contributed by atoms with Crippen LogP contribution in [0.15, 0.2) is 41.6 Å². The predicted molar refractivity (Wildman–Crippen MR) is 73.0 cm³/mol. The van der Waals surface area contributed by atoms with Crippen molar-refractivity contribution >= 4 is 15.7 Å². The maximum absolute atomic E-state index is 12.0. The van der Waals surface area contributed by atoms with E-state index in [1.165, 1.54) is 24.5 Å². The van der Waals surface area contributed by atoms with Crippen molar-refractivity contribution in [3.8, 4) is 5.75 Å². The molecule has 1 aromatic carbocycles. The zero-order valence-corrected chi connectivity index (χ0v) is 11.4. The number of hydrogen-bond donors (Lipinski definition) is 3. The number of benzene rings is 1. The number of hydrogen-bond acceptors (Lipinski definition) is 5. The lowest BCUT2D eigenvalue weighted by Crippen LogP contribution is -2.12. The van der Waals surface area contributed by atoms with Crippen LogP contribution in [-0.4, -0.2) is 36.9 Å². The van der Waals surface area contributed by atoms with Crippen molar-refractivity contribution < 1.29 is 18.3 Å². The highest BCUT2D eigenvalue weighted by atomic mass is 32.2. The van der Waals surface area contributed by atoms with Gasteiger partial charge in [-0.1, -0.05) is 0 Å². The molecule has 0 radical (unpaired) electrons. The summed E-state index contributed by atoms with van der Waals surface area (Å²) in [6, 6.07) is 6.05. The number of nitrogens with zero attached hydrogens (tertiary/aromatic N) is 1. The first-order valence-corrected chi connectivity index (χ1v) is 7.45. The third-order valence-electron chi connectivity index (χ3n) is 2.46. The topological polar surface area (TPSA) is 104 Å². The van der Waals surface area contributed by atoms with Gasteiger partial charge in [0.15, 0.2) is 0 Å². The molecule has 2 aromatic rings. The fourth-order valence-corrected chi connectivity index (χ4v) is 2.52. The number of H-pyrrole nitrogens is 1. The van der Waals surface area contributed by atoms with E-state index in [-0.39, 0.29) is 11.5 Å². The molecular formula is C12H15N3O4S. The third-order valence-corrected chi connectivity index (χ3v) is 3.85. The van der Waals surface area contributed by atoms with Crippen LogP contribution in [0.25, 0.3) is 0 Å². The van der Waals surface area contributed by atoms with Crippen molar-refractivity contribution in [2.24, 2.45) is 0 Å². The molecule has 0 spiro atoms. The van der Waals surface area contributed by atoms with Gasteiger partial charge in [0.1, 0.15) is 5.75 Å². The maximum atomic E-state index is 12.0. The van der Waals surface area contributed by atoms with Gasteiger partial charge < -0.3 is 9.84 Å². The van der Waals surface area contributed by atoms with E-state index < -0.39 is 10.0 Å². The van der Waals surface area contributed by atoms with Crippen molar-refractivity contribution in [2.45, 2.75) is 11.3 Å². The number of aliphatic hydroxyl groups is 1. The van der Waals surface area contributed by atoms with E-state index in [0.717, 1.165) is 0 Å². The molecule has 8 heteroatoms. The average Bonchev–Trinajstić information content (AvgIpc) is 2.92. The molecule has 0 fully saturated rings. The molecule has 0 bridgehead atoms. The molecular weight excluding hydrogens is 282 g/mol. The van der Waals surface area contributed by atoms with Crippen LogP contribution in [0.2, 0.25) is 0 Å². The zero-order valence-electron chi connectivity index (χ0n) is 10.6. The second kappa shape index (κ2) is 6.40. The first-order chi connectivity index (χ1) is 9.62. The van der Waals surface area contributed by atoms with Gasteiger partial charge >= 0.3 is 0 Å². The summed E-state index contributed by atoms with van der Waals surface area (Å²) in [5.41, 5.74) is 0.369. The molecule has 0 unspecified atom stereocenters. The molecule has 3 N–H and O–H groups in total. The second-order valence-corrected chi connectivity index (χ2v) is 5.67. The van der Waals surface area contributed by atoms with Crippen LogP contribution in [0.1, 0.15) is 6.42 Å². The molecule has 0 amide bonds. The van der Waals surface area contributed by atoms with Crippen molar-refractivity contribution in [1.82, 2.24) is 10.2 Å². The van der Waals surface area contributed by atoms with Gasteiger partial charge in [-0.2, -0.15) is 5.10 Å². The molecule has 0 aliphatic carbocycles. The predicted octanol–water partition coefficient (Wildman–Crippen LogP) is 0.972. The summed E-state index contributed by atoms with van der Waals surface area (Å²) >= 11 is 0. The Labute approximate surface area is 116 Å². The molecule has 0 saturated carbocycles. The summed E-state index contributed by atoms with van der Waals surface area (Å²) in [5.74, 6) is 0.556. The Balaban J connectivity index is 2.05. The number of rotatable bonds is 7. The molecule has 2 rings (SSSR count). The highest BCUT2D eigenvalue weighted by molar-refractivity contribution is 7.92. The minimum Gasteiger partial charge on any atom is -0.494 e. The van der Waals surface area contributed by atoms with Crippen LogP contribution in [-0.2, 0) is 10.0 Å². The number of ether oxygens (including phenoxy) is 1. The lowest BCUT2D eigenvalue weighted by molar-refractivity contribution is 0.233. The van der Waals surface area contributed by atoms with E-state index >= 15 is 0 Å². The third kappa shape index (κ3) is 3.72. The van der Waals surface area contributed by atoms with Gasteiger partial charge in [-0.25, -0.2) is 8.42 Å². The van der Waals surface area contributed by atoms with Crippen LogP contribution < -0.4 is 9.46 Å². The average molecular weight is 297 g/mol. The van der Waals surface area contributed by atoms with E-state index in [1.807, 2.05) is 0 Å². The van der Waals surface area contributed by atoms with Gasteiger partial charge in [-0.3, -0.25) is 9.82 Å². The number of sulfonamides is 1. The molecule has 0 saturated heterocycles. The molecule has 0 aliphatic heterocycles. The zero-order chi connectivity index (χ0) is 14.4. The normalized spacial score (nSPS) is 11.2. The molecule has 108 valence electrons. The lowest BCUT2D eigenvalue weighted by Gasteiger charge is -2.08. The number of aromatic amines is 1. The van der Waals surface area contributed by atoms with Gasteiger partial charge in [-0.15, -0.1) is 0 Å². The Kier molecular flexibility index (Phi) is 4.59. The maximum Gasteiger partial charge on any atom is 0.261 e. The van der Waals surface area contributed by atoms with Gasteiger partial charge in [0.2, 0.25) is 0 Å². The minimum absolute atomic E-state index is 0.0566. The molecule has 7 nitrogen and oxygen atoms in total. The first-order valence-electron chi connectivity index (χ1n) is 5.97. The van der Waals surface area contributed by atoms with E-state index in [4.69, 9.17) is 9.84 Å². The van der Waals surface area contributed by atoms with Gasteiger partial charge in [-0.05, 0) is 24.3 Å². The second-order valence-electron chi connectivity index (χ2n) is 3.99. The minimum atomic E-state index is -3.63. The van der Waals surface area contributed by atoms with Gasteiger partial charge in [0, 0.05) is 19.2 Å². The first kappa shape index (κ1) is 14.4. The van der Waals surface area contributed by atoms with Crippen molar-refractivity contribution in [3.05, 3.63) is 36.7 Å². The highest BCUT2D eigenvalue weighted by Crippen LogP contribution is 2.18. The van der Waals surface area contributed by atoms with Crippen molar-refractivity contribution in [3.63, 3.8) is 0 Å². The Hall–Kier alpha value is -2.06. The molecule has 1 heterocycles. The quantitative estimate of drug-likeness (QED) is 0.661. The highest BCUT2D eigenvalue weighted by Gasteiger charge is 2.14. The molecule has 1 aromatic heterocycles. The Morgan fingerprint density at radius 3 is 2.65 bits per heavy atom. The standard InChI is InChI=1S/C12H15N3O4S/c16-6-1-7-19-11-2-4-12(5-3-11)20(17,18)15-10-8-13-14-9-10/h2-5,8-9,15-16H,1,6-7H2,(H,13,14). The van der Waals surface area contributed by atoms with Crippen LogP contribution in [0.4, 0.5) is 5.69 Å². The summed E-state index contributed by atoms with van der Waals surface area (Å²) in [6.45, 7) is 0.441. The van der Waals surface area contributed by atoms with Gasteiger partial charge in [0.25, 0.3) is 10.0 Å². The van der Waals surface area contributed by atoms with Crippen LogP contribution in [0.3, 0.4) is 0 Å². The number of anilines is 1. The largest absolute Gasteiger partial charge is 0.494 e. The Morgan fingerprint density at radius 1 is 1.30 bits per heavy atom. The van der Waals surface area contributed by atoms with E-state index in [9.17, 15) is 8.42 Å². The molecule has 0 atom stereocenters. The summed E-state index contributed by atoms with van der Waals surface area (Å²) < 4.78 is 31.8. The summed E-state index contributed by atoms with van der Waals surface area (Å²) in [6.07, 6.45) is 3.36. The SMILES string of the molecule is O=S(=O)(Nc1cn[nH]c1)c1ccc(OCCCO)cc1. The van der Waals surface area contributed by atoms with E-state index in [0.29, 0.717) is 24.5 Å². The monoisotopic (exact) mass is 297 g/mol. The number of aliphatic hydroxyl groups excluding tert-OH is 1. The fourth-order valence-electron chi connectivity index (χ4n) is 1.49. The van der Waals surface area contributed by atoms with Crippen LogP contribution in [0.5, 0.6) is 5.75 Å². The summed E-state index contributed by atoms with van der Waals surface area (Å²) in [5, 5.41) is 14.8.